The Morgan fingerprint density at radius 1 is 0.446 bits per heavy atom. The maximum absolute atomic E-state index is 15.7. The van der Waals surface area contributed by atoms with Gasteiger partial charge in [-0.1, -0.05) is 68.4 Å². The minimum absolute atomic E-state index is 0.108. The van der Waals surface area contributed by atoms with Crippen LogP contribution >= 0.6 is 0 Å². The zero-order valence-electron chi connectivity index (χ0n) is 38.6. The second kappa shape index (κ2) is 12.0. The zero-order chi connectivity index (χ0) is 42.1. The van der Waals surface area contributed by atoms with E-state index in [1.807, 2.05) is 0 Å². The van der Waals surface area contributed by atoms with Crippen LogP contribution in [0.15, 0.2) is 97.1 Å². The van der Waals surface area contributed by atoms with Gasteiger partial charge in [-0.05, 0) is 271 Å². The van der Waals surface area contributed by atoms with Crippen LogP contribution in [0.5, 0.6) is 0 Å². The molecule has 13 saturated carbocycles. The Morgan fingerprint density at radius 3 is 1.40 bits per heavy atom. The summed E-state index contributed by atoms with van der Waals surface area (Å²) in [5.74, 6) is 25.5. The Morgan fingerprint density at radius 2 is 0.877 bits per heavy atom. The molecule has 2 nitrogen and oxygen atoms in total. The molecule has 14 aliphatic rings. The molecule has 18 rings (SSSR count). The van der Waals surface area contributed by atoms with E-state index < -0.39 is 0 Å². The molecule has 0 bridgehead atoms. The number of ketones is 1. The van der Waals surface area contributed by atoms with Gasteiger partial charge in [0.1, 0.15) is 0 Å². The predicted molar refractivity (Wildman–Crippen MR) is 256 cm³/mol. The van der Waals surface area contributed by atoms with E-state index in [0.29, 0.717) is 17.6 Å². The van der Waals surface area contributed by atoms with Crippen molar-refractivity contribution < 1.29 is 4.79 Å². The summed E-state index contributed by atoms with van der Waals surface area (Å²) >= 11 is 0. The van der Waals surface area contributed by atoms with Crippen LogP contribution in [-0.4, -0.2) is 5.78 Å². The number of hydrogen-bond donors (Lipinski definition) is 0. The van der Waals surface area contributed by atoms with Crippen LogP contribution in [0.4, 0.5) is 17.1 Å². The smallest absolute Gasteiger partial charge is 0.166 e. The van der Waals surface area contributed by atoms with Crippen molar-refractivity contribution in [2.45, 2.75) is 83.5 Å². The summed E-state index contributed by atoms with van der Waals surface area (Å²) < 4.78 is 0. The Kier molecular flexibility index (Phi) is 6.69. The van der Waals surface area contributed by atoms with Gasteiger partial charge in [0, 0.05) is 34.0 Å². The van der Waals surface area contributed by atoms with E-state index in [-0.39, 0.29) is 11.3 Å². The molecule has 65 heavy (non-hydrogen) atoms. The minimum Gasteiger partial charge on any atom is -0.310 e. The summed E-state index contributed by atoms with van der Waals surface area (Å²) in [5, 5.41) is 0. The van der Waals surface area contributed by atoms with Crippen molar-refractivity contribution >= 4 is 22.8 Å². The highest BCUT2D eigenvalue weighted by Crippen LogP contribution is 2.89. The first kappa shape index (κ1) is 36.4. The van der Waals surface area contributed by atoms with Gasteiger partial charge in [-0.3, -0.25) is 4.79 Å². The molecule has 4 aromatic rings. The first-order valence-electron chi connectivity index (χ1n) is 27.8. The molecule has 330 valence electrons. The SMILES string of the molecule is CCC1(CC)c2cc(C(=O)C3[C@@H]4[C@@H]5CC6CC7C[C@@H]8CC[C@@H]9C[C@@H]%10C[C@@H]%11C[C@H]([C@H]34)[C@H]3[C@@H]4C%12C%13[C@H](C7[C@@H]6[C@H]%12[C@@H]53)[C@H]8[C@H]9[C@@H]%13[C@H]%10[C@H]%114)ccc2-c2ccc(N(c3ccccc3)c3ccccc3)cc21. The highest BCUT2D eigenvalue weighted by atomic mass is 16.1. The maximum atomic E-state index is 15.7. The van der Waals surface area contributed by atoms with Crippen molar-refractivity contribution in [3.8, 4) is 11.1 Å². The number of nitrogens with zero attached hydrogens (tertiary/aromatic N) is 1. The first-order valence-corrected chi connectivity index (χ1v) is 27.8. The quantitative estimate of drug-likeness (QED) is 0.173. The third-order valence-corrected chi connectivity index (χ3v) is 25.8. The van der Waals surface area contributed by atoms with Crippen LogP contribution in [-0.2, 0) is 5.41 Å². The molecule has 4 aromatic carbocycles. The maximum Gasteiger partial charge on any atom is 0.166 e. The summed E-state index contributed by atoms with van der Waals surface area (Å²) in [7, 11) is 0. The van der Waals surface area contributed by atoms with Crippen molar-refractivity contribution in [1.29, 1.82) is 0 Å². The molecule has 0 N–H and O–H groups in total. The Labute approximate surface area is 387 Å². The number of hydrogen-bond acceptors (Lipinski definition) is 2. The number of para-hydroxylation sites is 2. The standard InChI is InChI=1S/C63H67NO/c1-3-63(4-2)43-27-31(17-19-39(43)40-20-18-38(28-44(40)63)64(36-11-7-5-8-12-36)37-13-9-6-10-14-37)62(65)61-53-41-25-34-23-32-21-29-15-16-30-22-33-24-35-26-42(54(53)61)52-51(41)57-49(34)47(32)55-45(29)46(30)56-48(33)50(35)58(52)60(57)59(55)56/h5-14,17-20,27-30,32-35,41-42,45-61H,3-4,15-16,21-26H2,1-2H3/t29-,30+,32-,33?,34-,35?,41+,42-,45+,46-,47-,48?,49+,50-,51-,52+,53+,54-,55-,56+,57-,58+,59?,60?,61?/m1/s1. The third kappa shape index (κ3) is 3.98. The lowest BCUT2D eigenvalue weighted by molar-refractivity contribution is -0.138. The molecule has 2 heteroatoms. The topological polar surface area (TPSA) is 20.3 Å². The fourth-order valence-electron chi connectivity index (χ4n) is 25.4. The van der Waals surface area contributed by atoms with E-state index in [9.17, 15) is 0 Å². The number of anilines is 3. The monoisotopic (exact) mass is 854 g/mol. The second-order valence-electron chi connectivity index (χ2n) is 26.3. The molecule has 0 aliphatic heterocycles. The molecular weight excluding hydrogens is 787 g/mol. The van der Waals surface area contributed by atoms with E-state index in [1.54, 1.807) is 38.5 Å². The fraction of sp³-hybridized carbons (Fsp3) is 0.603. The lowest BCUT2D eigenvalue weighted by Gasteiger charge is -2.61. The lowest BCUT2D eigenvalue weighted by Crippen LogP contribution is -2.57. The second-order valence-corrected chi connectivity index (χ2v) is 26.3. The Balaban J connectivity index is 0.730. The van der Waals surface area contributed by atoms with Gasteiger partial charge in [0.15, 0.2) is 5.78 Å². The molecular formula is C63H67NO. The molecule has 0 heterocycles. The highest BCUT2D eigenvalue weighted by Gasteiger charge is 2.85. The van der Waals surface area contributed by atoms with Crippen LogP contribution in [0.1, 0.15) is 99.5 Å². The molecule has 14 aliphatic carbocycles. The molecule has 13 fully saturated rings. The van der Waals surface area contributed by atoms with Crippen LogP contribution in [0, 0.1) is 148 Å². The van der Waals surface area contributed by atoms with Crippen LogP contribution in [0.2, 0.25) is 0 Å². The van der Waals surface area contributed by atoms with Gasteiger partial charge in [0.05, 0.1) is 0 Å². The number of carbonyl (C=O) groups excluding carboxylic acids is 1. The van der Waals surface area contributed by atoms with E-state index in [2.05, 4.69) is 116 Å². The normalized spacial score (nSPS) is 51.2. The Bertz CT molecular complexity index is 2610. The molecule has 0 aromatic heterocycles. The molecule has 6 unspecified atom stereocenters. The summed E-state index contributed by atoms with van der Waals surface area (Å²) in [4.78, 5) is 18.2. The molecule has 0 saturated heterocycles. The van der Waals surface area contributed by atoms with E-state index in [0.717, 1.165) is 149 Å². The molecule has 0 amide bonds. The summed E-state index contributed by atoms with van der Waals surface area (Å²) in [6, 6.07) is 36.2. The van der Waals surface area contributed by atoms with Gasteiger partial charge in [0.25, 0.3) is 0 Å². The van der Waals surface area contributed by atoms with Crippen molar-refractivity contribution in [2.24, 2.45) is 148 Å². The Hall–Kier alpha value is -3.65. The lowest BCUT2D eigenvalue weighted by atomic mass is 9.44. The van der Waals surface area contributed by atoms with Crippen molar-refractivity contribution in [3.05, 3.63) is 114 Å². The van der Waals surface area contributed by atoms with Crippen LogP contribution < -0.4 is 4.90 Å². The van der Waals surface area contributed by atoms with Crippen molar-refractivity contribution in [1.82, 2.24) is 0 Å². The molecule has 0 spiro atoms. The van der Waals surface area contributed by atoms with Gasteiger partial charge in [-0.25, -0.2) is 0 Å². The number of fused-ring (bicyclic) bond motifs is 6. The number of benzene rings is 4. The number of rotatable bonds is 7. The van der Waals surface area contributed by atoms with Gasteiger partial charge in [-0.15, -0.1) is 0 Å². The van der Waals surface area contributed by atoms with E-state index in [4.69, 9.17) is 0 Å². The van der Waals surface area contributed by atoms with E-state index >= 15 is 4.79 Å². The van der Waals surface area contributed by atoms with Crippen LogP contribution in [0.3, 0.4) is 0 Å². The molecule has 0 radical (unpaired) electrons. The third-order valence-electron chi connectivity index (χ3n) is 25.8. The largest absolute Gasteiger partial charge is 0.310 e. The van der Waals surface area contributed by atoms with Crippen molar-refractivity contribution in [3.63, 3.8) is 0 Å². The van der Waals surface area contributed by atoms with E-state index in [1.165, 1.54) is 52.2 Å². The average molecular weight is 854 g/mol. The highest BCUT2D eigenvalue weighted by molar-refractivity contribution is 6.01. The predicted octanol–water partition coefficient (Wildman–Crippen LogP) is 14.1. The molecule has 25 atom stereocenters. The van der Waals surface area contributed by atoms with Gasteiger partial charge in [-0.2, -0.15) is 0 Å². The van der Waals surface area contributed by atoms with Gasteiger partial charge in [0.2, 0.25) is 0 Å². The van der Waals surface area contributed by atoms with Gasteiger partial charge >= 0.3 is 0 Å². The number of carbonyl (C=O) groups is 1. The summed E-state index contributed by atoms with van der Waals surface area (Å²) in [6.45, 7) is 4.81. The fourth-order valence-corrected chi connectivity index (χ4v) is 25.4. The average Bonchev–Trinajstić information content (AvgIpc) is 3.68. The first-order chi connectivity index (χ1) is 32.1. The number of Topliss-reactive ketones (excluding diaryl/α,β-unsaturated/α-hetero) is 1. The minimum atomic E-state index is -0.108. The van der Waals surface area contributed by atoms with Gasteiger partial charge < -0.3 is 4.90 Å². The summed E-state index contributed by atoms with van der Waals surface area (Å²) in [5.41, 5.74) is 10.1. The zero-order valence-corrected chi connectivity index (χ0v) is 38.6. The van der Waals surface area contributed by atoms with Crippen LogP contribution in [0.25, 0.3) is 11.1 Å². The summed E-state index contributed by atoms with van der Waals surface area (Å²) in [6.07, 6.45) is 14.8. The van der Waals surface area contributed by atoms with Crippen molar-refractivity contribution in [2.75, 3.05) is 4.90 Å².